The van der Waals surface area contributed by atoms with E-state index in [4.69, 9.17) is 19.4 Å². The van der Waals surface area contributed by atoms with Crippen LogP contribution in [0.5, 0.6) is 0 Å². The van der Waals surface area contributed by atoms with Gasteiger partial charge in [0, 0.05) is 27.5 Å². The molecule has 10 aromatic rings. The topological polar surface area (TPSA) is 51.8 Å². The van der Waals surface area contributed by atoms with Gasteiger partial charge in [0.2, 0.25) is 0 Å². The van der Waals surface area contributed by atoms with Crippen LogP contribution in [0.4, 0.5) is 0 Å². The minimum Gasteiger partial charge on any atom is -0.456 e. The van der Waals surface area contributed by atoms with E-state index in [1.165, 1.54) is 0 Å². The average Bonchev–Trinajstić information content (AvgIpc) is 3.66. The van der Waals surface area contributed by atoms with Gasteiger partial charge in [0.05, 0.1) is 0 Å². The van der Waals surface area contributed by atoms with Crippen molar-refractivity contribution in [3.8, 4) is 78.7 Å². The van der Waals surface area contributed by atoms with Crippen LogP contribution in [0.15, 0.2) is 205 Å². The molecule has 0 fully saturated rings. The summed E-state index contributed by atoms with van der Waals surface area (Å²) in [5, 5.41) is 2.14. The first-order valence-corrected chi connectivity index (χ1v) is 18.4. The fourth-order valence-corrected chi connectivity index (χ4v) is 7.39. The Morgan fingerprint density at radius 3 is 1.24 bits per heavy atom. The maximum Gasteiger partial charge on any atom is 0.164 e. The lowest BCUT2D eigenvalue weighted by molar-refractivity contribution is 0.669. The first-order chi connectivity index (χ1) is 27.2. The molecule has 0 bridgehead atoms. The van der Waals surface area contributed by atoms with Crippen LogP contribution in [0.1, 0.15) is 0 Å². The highest BCUT2D eigenvalue weighted by Gasteiger charge is 2.19. The molecule has 0 N–H and O–H groups in total. The normalized spacial score (nSPS) is 11.3. The lowest BCUT2D eigenvalue weighted by atomic mass is 9.95. The highest BCUT2D eigenvalue weighted by molar-refractivity contribution is 6.13. The average molecular weight is 704 g/mol. The molecule has 0 aliphatic carbocycles. The largest absolute Gasteiger partial charge is 0.456 e. The molecule has 10 rings (SSSR count). The van der Waals surface area contributed by atoms with E-state index in [-0.39, 0.29) is 0 Å². The molecule has 2 aromatic heterocycles. The molecule has 4 heteroatoms. The van der Waals surface area contributed by atoms with Crippen molar-refractivity contribution in [1.82, 2.24) is 15.0 Å². The molecule has 0 amide bonds. The van der Waals surface area contributed by atoms with Gasteiger partial charge in [-0.05, 0) is 80.9 Å². The molecule has 0 radical (unpaired) electrons. The summed E-state index contributed by atoms with van der Waals surface area (Å²) in [4.78, 5) is 15.7. The van der Waals surface area contributed by atoms with E-state index in [1.807, 2.05) is 36.4 Å². The summed E-state index contributed by atoms with van der Waals surface area (Å²) in [5.41, 5.74) is 13.1. The van der Waals surface area contributed by atoms with Gasteiger partial charge in [-0.1, -0.05) is 164 Å². The molecule has 258 valence electrons. The van der Waals surface area contributed by atoms with Crippen LogP contribution >= 0.6 is 0 Å². The number of rotatable bonds is 7. The number of furan rings is 1. The highest BCUT2D eigenvalue weighted by Crippen LogP contribution is 2.40. The highest BCUT2D eigenvalue weighted by atomic mass is 16.3. The summed E-state index contributed by atoms with van der Waals surface area (Å²) in [5.74, 6) is 1.75. The Kier molecular flexibility index (Phi) is 8.12. The van der Waals surface area contributed by atoms with Gasteiger partial charge in [-0.15, -0.1) is 0 Å². The zero-order chi connectivity index (χ0) is 36.6. The molecule has 0 aliphatic heterocycles. The number of fused-ring (bicyclic) bond motifs is 3. The summed E-state index contributed by atoms with van der Waals surface area (Å²) in [6.45, 7) is 0. The second-order valence-corrected chi connectivity index (χ2v) is 13.6. The fraction of sp³-hybridized carbons (Fsp3) is 0. The molecule has 55 heavy (non-hydrogen) atoms. The minimum atomic E-state index is 0.568. The van der Waals surface area contributed by atoms with Crippen LogP contribution < -0.4 is 0 Å². The van der Waals surface area contributed by atoms with E-state index in [0.29, 0.717) is 17.5 Å². The predicted molar refractivity (Wildman–Crippen MR) is 225 cm³/mol. The van der Waals surface area contributed by atoms with Crippen molar-refractivity contribution in [3.63, 3.8) is 0 Å². The van der Waals surface area contributed by atoms with Crippen LogP contribution in [0.2, 0.25) is 0 Å². The van der Waals surface area contributed by atoms with E-state index in [9.17, 15) is 0 Å². The summed E-state index contributed by atoms with van der Waals surface area (Å²) < 4.78 is 6.52. The number of para-hydroxylation sites is 1. The second-order valence-electron chi connectivity index (χ2n) is 13.6. The van der Waals surface area contributed by atoms with Crippen LogP contribution in [0.3, 0.4) is 0 Å². The van der Waals surface area contributed by atoms with Crippen molar-refractivity contribution < 1.29 is 4.42 Å². The molecular weight excluding hydrogens is 671 g/mol. The monoisotopic (exact) mass is 703 g/mol. The van der Waals surface area contributed by atoms with Gasteiger partial charge in [-0.25, -0.2) is 15.0 Å². The van der Waals surface area contributed by atoms with Gasteiger partial charge in [0.1, 0.15) is 11.2 Å². The van der Waals surface area contributed by atoms with E-state index in [0.717, 1.165) is 83.1 Å². The van der Waals surface area contributed by atoms with Crippen molar-refractivity contribution in [2.45, 2.75) is 0 Å². The van der Waals surface area contributed by atoms with E-state index in [1.54, 1.807) is 0 Å². The molecule has 8 aromatic carbocycles. The van der Waals surface area contributed by atoms with Crippen molar-refractivity contribution >= 4 is 21.9 Å². The van der Waals surface area contributed by atoms with E-state index < -0.39 is 0 Å². The fourth-order valence-electron chi connectivity index (χ4n) is 7.39. The van der Waals surface area contributed by atoms with Crippen LogP contribution in [-0.2, 0) is 0 Å². The number of aromatic nitrogens is 3. The van der Waals surface area contributed by atoms with Crippen LogP contribution in [0.25, 0.3) is 101 Å². The van der Waals surface area contributed by atoms with Gasteiger partial charge < -0.3 is 4.42 Å². The first kappa shape index (κ1) is 32.2. The molecule has 0 saturated heterocycles. The second kappa shape index (κ2) is 13.8. The SMILES string of the molecule is c1ccc(-c2ccc(-c3nc(-c4cc(-c5ccccc5)cc(-c5ccccc5)c4)nc(-c4cc(-c5ccccc5)c5c(c4)oc4ccccc45)n3)cc2)cc1. The van der Waals surface area contributed by atoms with Crippen molar-refractivity contribution in [2.75, 3.05) is 0 Å². The third-order valence-corrected chi connectivity index (χ3v) is 10.1. The Morgan fingerprint density at radius 2 is 0.673 bits per heavy atom. The number of hydrogen-bond acceptors (Lipinski definition) is 4. The summed E-state index contributed by atoms with van der Waals surface area (Å²) >= 11 is 0. The Morgan fingerprint density at radius 1 is 0.273 bits per heavy atom. The molecule has 0 atom stereocenters. The van der Waals surface area contributed by atoms with Crippen molar-refractivity contribution in [1.29, 1.82) is 0 Å². The quantitative estimate of drug-likeness (QED) is 0.166. The molecule has 0 unspecified atom stereocenters. The lowest BCUT2D eigenvalue weighted by Crippen LogP contribution is -2.01. The third-order valence-electron chi connectivity index (χ3n) is 10.1. The number of nitrogens with zero attached hydrogens (tertiary/aromatic N) is 3. The summed E-state index contributed by atoms with van der Waals surface area (Å²) in [6, 6.07) is 69.3. The zero-order valence-electron chi connectivity index (χ0n) is 29.8. The van der Waals surface area contributed by atoms with Crippen LogP contribution in [0, 0.1) is 0 Å². The number of benzene rings is 8. The minimum absolute atomic E-state index is 0.568. The summed E-state index contributed by atoms with van der Waals surface area (Å²) in [6.07, 6.45) is 0. The van der Waals surface area contributed by atoms with Crippen molar-refractivity contribution in [3.05, 3.63) is 200 Å². The lowest BCUT2D eigenvalue weighted by Gasteiger charge is -2.13. The van der Waals surface area contributed by atoms with Gasteiger partial charge in [0.15, 0.2) is 17.5 Å². The third kappa shape index (κ3) is 6.26. The maximum atomic E-state index is 6.52. The van der Waals surface area contributed by atoms with Crippen molar-refractivity contribution in [2.24, 2.45) is 0 Å². The van der Waals surface area contributed by atoms with E-state index in [2.05, 4.69) is 164 Å². The molecule has 0 spiro atoms. The van der Waals surface area contributed by atoms with Gasteiger partial charge in [-0.2, -0.15) is 0 Å². The molecule has 0 aliphatic rings. The van der Waals surface area contributed by atoms with Gasteiger partial charge >= 0.3 is 0 Å². The first-order valence-electron chi connectivity index (χ1n) is 18.4. The number of hydrogen-bond donors (Lipinski definition) is 0. The molecule has 4 nitrogen and oxygen atoms in total. The standard InChI is InChI=1S/C51H33N3O/c1-5-15-34(16-6-1)37-25-27-39(28-26-37)49-52-50(42-30-40(35-17-7-2-8-18-35)29-41(31-42)36-19-9-3-10-20-36)54-51(53-49)43-32-45(38-21-11-4-12-22-38)48-44-23-13-14-24-46(44)55-47(48)33-43/h1-33H. The van der Waals surface area contributed by atoms with Gasteiger partial charge in [-0.3, -0.25) is 0 Å². The molecule has 0 saturated carbocycles. The Bertz CT molecular complexity index is 2880. The maximum absolute atomic E-state index is 6.52. The Hall–Kier alpha value is -7.43. The molecule has 2 heterocycles. The molecular formula is C51H33N3O. The van der Waals surface area contributed by atoms with Gasteiger partial charge in [0.25, 0.3) is 0 Å². The van der Waals surface area contributed by atoms with Crippen LogP contribution in [-0.4, -0.2) is 15.0 Å². The van der Waals surface area contributed by atoms with E-state index >= 15 is 0 Å². The smallest absolute Gasteiger partial charge is 0.164 e. The zero-order valence-corrected chi connectivity index (χ0v) is 29.8. The Labute approximate surface area is 319 Å². The Balaban J connectivity index is 1.21. The predicted octanol–water partition coefficient (Wildman–Crippen LogP) is 13.4. The summed E-state index contributed by atoms with van der Waals surface area (Å²) in [7, 11) is 0.